The molecule has 1 N–H and O–H groups in total. The Hall–Kier alpha value is -0.290. The van der Waals surface area contributed by atoms with Crippen LogP contribution in [0.2, 0.25) is 0 Å². The van der Waals surface area contributed by atoms with Gasteiger partial charge in [-0.05, 0) is 6.42 Å². The number of halogens is 1. The van der Waals surface area contributed by atoms with Crippen molar-refractivity contribution in [2.45, 2.75) is 12.8 Å². The van der Waals surface area contributed by atoms with Crippen molar-refractivity contribution in [2.75, 3.05) is 18.8 Å². The van der Waals surface area contributed by atoms with Crippen LogP contribution in [0.25, 0.3) is 0 Å². The third-order valence-electron chi connectivity index (χ3n) is 1.55. The van der Waals surface area contributed by atoms with Crippen LogP contribution in [0.1, 0.15) is 12.8 Å². The molecule has 1 rings (SSSR count). The zero-order valence-corrected chi connectivity index (χ0v) is 8.16. The van der Waals surface area contributed by atoms with Crippen molar-refractivity contribution in [3.05, 3.63) is 0 Å². The van der Waals surface area contributed by atoms with Crippen molar-refractivity contribution in [1.29, 1.82) is 0 Å². The van der Waals surface area contributed by atoms with E-state index in [1.54, 1.807) is 0 Å². The molecule has 12 heavy (non-hydrogen) atoms. The third-order valence-corrected chi connectivity index (χ3v) is 2.70. The van der Waals surface area contributed by atoms with E-state index < -0.39 is 9.05 Å². The predicted octanol–water partition coefficient (Wildman–Crippen LogP) is 0.337. The molecule has 70 valence electrons. The quantitative estimate of drug-likeness (QED) is 0.684. The van der Waals surface area contributed by atoms with Crippen molar-refractivity contribution in [1.82, 2.24) is 5.32 Å². The zero-order chi connectivity index (χ0) is 9.03. The average Bonchev–Trinajstić information content (AvgIpc) is 2.36. The molecule has 0 saturated carbocycles. The first-order chi connectivity index (χ1) is 5.58. The molecule has 6 heteroatoms. The smallest absolute Gasteiger partial charge is 0.234 e. The predicted molar refractivity (Wildman–Crippen MR) is 49.2 cm³/mol. The van der Waals surface area contributed by atoms with E-state index in [-0.39, 0.29) is 5.75 Å². The number of amidine groups is 1. The van der Waals surface area contributed by atoms with Crippen LogP contribution in [0.4, 0.5) is 0 Å². The Labute approximate surface area is 76.4 Å². The summed E-state index contributed by atoms with van der Waals surface area (Å²) in [6.07, 6.45) is 1.97. The van der Waals surface area contributed by atoms with E-state index >= 15 is 0 Å². The molecule has 0 saturated heterocycles. The summed E-state index contributed by atoms with van der Waals surface area (Å²) in [7, 11) is 1.65. The largest absolute Gasteiger partial charge is 0.373 e. The summed E-state index contributed by atoms with van der Waals surface area (Å²) in [6.45, 7) is 1.20. The van der Waals surface area contributed by atoms with Crippen molar-refractivity contribution < 1.29 is 8.42 Å². The number of aliphatic imine (C=N–C) groups is 1. The summed E-state index contributed by atoms with van der Waals surface area (Å²) < 4.78 is 21.0. The van der Waals surface area contributed by atoms with Crippen molar-refractivity contribution in [3.63, 3.8) is 0 Å². The lowest BCUT2D eigenvalue weighted by Gasteiger charge is -2.02. The highest BCUT2D eigenvalue weighted by atomic mass is 35.7. The van der Waals surface area contributed by atoms with Gasteiger partial charge >= 0.3 is 0 Å². The van der Waals surface area contributed by atoms with Crippen LogP contribution in [0.5, 0.6) is 0 Å². The molecule has 0 atom stereocenters. The molecule has 0 spiro atoms. The number of nitrogens with zero attached hydrogens (tertiary/aromatic N) is 1. The Kier molecular flexibility index (Phi) is 3.34. The fraction of sp³-hybridized carbons (Fsp3) is 0.833. The Bertz CT molecular complexity index is 273. The van der Waals surface area contributed by atoms with Gasteiger partial charge in [0.2, 0.25) is 9.05 Å². The molecule has 0 aromatic carbocycles. The molecule has 0 amide bonds. The number of rotatable bonds is 3. The van der Waals surface area contributed by atoms with Crippen LogP contribution >= 0.6 is 10.7 Å². The maximum absolute atomic E-state index is 10.5. The lowest BCUT2D eigenvalue weighted by molar-refractivity contribution is 0.608. The first-order valence-corrected chi connectivity index (χ1v) is 6.25. The van der Waals surface area contributed by atoms with Crippen molar-refractivity contribution >= 4 is 25.6 Å². The molecule has 1 aliphatic heterocycles. The highest BCUT2D eigenvalue weighted by Crippen LogP contribution is 2.01. The Morgan fingerprint density at radius 1 is 1.58 bits per heavy atom. The van der Waals surface area contributed by atoms with Gasteiger partial charge in [-0.15, -0.1) is 0 Å². The molecular formula is C6H11ClN2O2S. The van der Waals surface area contributed by atoms with Crippen LogP contribution < -0.4 is 5.32 Å². The summed E-state index contributed by atoms with van der Waals surface area (Å²) in [5.74, 6) is 0.850. The van der Waals surface area contributed by atoms with E-state index in [1.165, 1.54) is 0 Å². The molecule has 1 heterocycles. The van der Waals surface area contributed by atoms with Crippen LogP contribution in [0, 0.1) is 0 Å². The normalized spacial score (nSPS) is 17.6. The van der Waals surface area contributed by atoms with E-state index in [1.807, 2.05) is 0 Å². The van der Waals surface area contributed by atoms with Crippen LogP contribution in [0.15, 0.2) is 4.99 Å². The van der Waals surface area contributed by atoms with Crippen molar-refractivity contribution in [2.24, 2.45) is 4.99 Å². The summed E-state index contributed by atoms with van der Waals surface area (Å²) in [5, 5.41) is 2.92. The molecule has 4 nitrogen and oxygen atoms in total. The van der Waals surface area contributed by atoms with E-state index in [4.69, 9.17) is 10.7 Å². The van der Waals surface area contributed by atoms with Crippen LogP contribution in [-0.2, 0) is 9.05 Å². The SMILES string of the molecule is O=S(=O)(Cl)CCNC1=NCCC1. The second-order valence-electron chi connectivity index (χ2n) is 2.60. The summed E-state index contributed by atoms with van der Waals surface area (Å²) in [6, 6.07) is 0. The van der Waals surface area contributed by atoms with Gasteiger partial charge in [0, 0.05) is 30.2 Å². The van der Waals surface area contributed by atoms with Gasteiger partial charge < -0.3 is 5.32 Å². The number of nitrogens with one attached hydrogen (secondary N) is 1. The third kappa shape index (κ3) is 3.92. The first-order valence-electron chi connectivity index (χ1n) is 3.77. The minimum Gasteiger partial charge on any atom is -0.373 e. The minimum absolute atomic E-state index is 0.0480. The highest BCUT2D eigenvalue weighted by molar-refractivity contribution is 8.13. The maximum Gasteiger partial charge on any atom is 0.234 e. The average molecular weight is 211 g/mol. The lowest BCUT2D eigenvalue weighted by atomic mass is 10.3. The van der Waals surface area contributed by atoms with E-state index in [0.29, 0.717) is 6.54 Å². The molecule has 0 radical (unpaired) electrons. The maximum atomic E-state index is 10.5. The van der Waals surface area contributed by atoms with Crippen LogP contribution in [0.3, 0.4) is 0 Å². The molecule has 0 aliphatic carbocycles. The second kappa shape index (κ2) is 4.09. The van der Waals surface area contributed by atoms with Gasteiger partial charge in [0.05, 0.1) is 11.6 Å². The highest BCUT2D eigenvalue weighted by Gasteiger charge is 2.07. The fourth-order valence-electron chi connectivity index (χ4n) is 1.00. The topological polar surface area (TPSA) is 58.5 Å². The molecule has 0 unspecified atom stereocenters. The van der Waals surface area contributed by atoms with Gasteiger partial charge in [0.25, 0.3) is 0 Å². The molecule has 0 fully saturated rings. The number of hydrogen-bond donors (Lipinski definition) is 1. The summed E-state index contributed by atoms with van der Waals surface area (Å²) >= 11 is 0. The minimum atomic E-state index is -3.36. The van der Waals surface area contributed by atoms with Gasteiger partial charge in [-0.25, -0.2) is 8.42 Å². The first kappa shape index (κ1) is 9.80. The van der Waals surface area contributed by atoms with Gasteiger partial charge in [-0.2, -0.15) is 0 Å². The Morgan fingerprint density at radius 3 is 2.83 bits per heavy atom. The molecule has 0 aromatic rings. The molecule has 0 aromatic heterocycles. The van der Waals surface area contributed by atoms with Gasteiger partial charge in [-0.3, -0.25) is 4.99 Å². The van der Waals surface area contributed by atoms with Crippen molar-refractivity contribution in [3.8, 4) is 0 Å². The summed E-state index contributed by atoms with van der Waals surface area (Å²) in [5.41, 5.74) is 0. The molecule has 1 aliphatic rings. The molecule has 0 bridgehead atoms. The summed E-state index contributed by atoms with van der Waals surface area (Å²) in [4.78, 5) is 4.12. The van der Waals surface area contributed by atoms with E-state index in [2.05, 4.69) is 10.3 Å². The van der Waals surface area contributed by atoms with E-state index in [9.17, 15) is 8.42 Å². The Balaban J connectivity index is 2.18. The van der Waals surface area contributed by atoms with Gasteiger partial charge in [0.1, 0.15) is 0 Å². The molecular weight excluding hydrogens is 200 g/mol. The zero-order valence-electron chi connectivity index (χ0n) is 6.59. The number of hydrogen-bond acceptors (Lipinski definition) is 4. The van der Waals surface area contributed by atoms with Gasteiger partial charge in [-0.1, -0.05) is 0 Å². The standard InChI is InChI=1S/C6H11ClN2O2S/c7-12(10,11)5-4-9-6-2-1-3-8-6/h1-5H2,(H,8,9). The fourth-order valence-corrected chi connectivity index (χ4v) is 1.58. The van der Waals surface area contributed by atoms with Gasteiger partial charge in [0.15, 0.2) is 0 Å². The Morgan fingerprint density at radius 2 is 2.33 bits per heavy atom. The lowest BCUT2D eigenvalue weighted by Crippen LogP contribution is -2.26. The van der Waals surface area contributed by atoms with E-state index in [0.717, 1.165) is 25.2 Å². The monoisotopic (exact) mass is 210 g/mol. The second-order valence-corrected chi connectivity index (χ2v) is 5.50. The van der Waals surface area contributed by atoms with Crippen LogP contribution in [-0.4, -0.2) is 33.1 Å².